The molecule has 1 fully saturated rings. The van der Waals surface area contributed by atoms with Crippen molar-refractivity contribution in [1.29, 1.82) is 0 Å². The number of methoxy groups -OCH3 is 1. The highest BCUT2D eigenvalue weighted by atomic mass is 35.5. The monoisotopic (exact) mass is 350 g/mol. The van der Waals surface area contributed by atoms with Crippen molar-refractivity contribution < 1.29 is 27.8 Å². The van der Waals surface area contributed by atoms with Crippen LogP contribution in [0.1, 0.15) is 6.42 Å². The lowest BCUT2D eigenvalue weighted by atomic mass is 10.2. The van der Waals surface area contributed by atoms with Crippen LogP contribution < -0.4 is 15.4 Å². The Hall–Kier alpha value is -1.93. The van der Waals surface area contributed by atoms with Crippen LogP contribution >= 0.6 is 12.4 Å². The van der Waals surface area contributed by atoms with Crippen molar-refractivity contribution in [3.8, 4) is 5.75 Å². The Morgan fingerprint density at radius 2 is 2.00 bits per heavy atom. The molecule has 1 aromatic carbocycles. The molecule has 6 nitrogen and oxygen atoms in total. The second kappa shape index (κ2) is 8.07. The van der Waals surface area contributed by atoms with Crippen LogP contribution in [0.3, 0.4) is 0 Å². The van der Waals surface area contributed by atoms with Crippen LogP contribution in [0.5, 0.6) is 5.75 Å². The van der Waals surface area contributed by atoms with Gasteiger partial charge in [0, 0.05) is 12.1 Å². The Bertz CT molecular complexity index is 554. The maximum absolute atomic E-state index is 13.0. The summed E-state index contributed by atoms with van der Waals surface area (Å²) in [6.45, 7) is -0.714. The Kier molecular flexibility index (Phi) is 6.71. The van der Waals surface area contributed by atoms with E-state index >= 15 is 0 Å². The summed E-state index contributed by atoms with van der Waals surface area (Å²) in [4.78, 5) is 22.8. The molecule has 0 aliphatic carbocycles. The van der Waals surface area contributed by atoms with Crippen LogP contribution in [-0.2, 0) is 14.3 Å². The summed E-state index contributed by atoms with van der Waals surface area (Å²) in [5.41, 5.74) is 0.451. The second-order valence-corrected chi connectivity index (χ2v) is 4.87. The summed E-state index contributed by atoms with van der Waals surface area (Å²) in [7, 11) is 1.25. The molecule has 1 heterocycles. The van der Waals surface area contributed by atoms with Crippen molar-refractivity contribution in [1.82, 2.24) is 5.32 Å². The molecule has 2 rings (SSSR count). The number of hydrogen-bond acceptors (Lipinski definition) is 5. The standard InChI is InChI=1S/C14H16F2N2O4.ClH/c1-21-12(19)7-22-10-4-2-9(3-5-10)18-13(20)11-6-14(15,16)8-17-11;/h2-5,11,17H,6-8H2,1H3,(H,18,20);1H. The summed E-state index contributed by atoms with van der Waals surface area (Å²) >= 11 is 0. The van der Waals surface area contributed by atoms with Gasteiger partial charge in [-0.1, -0.05) is 0 Å². The fraction of sp³-hybridized carbons (Fsp3) is 0.429. The Labute approximate surface area is 137 Å². The topological polar surface area (TPSA) is 76.7 Å². The van der Waals surface area contributed by atoms with E-state index in [0.717, 1.165) is 0 Å². The van der Waals surface area contributed by atoms with E-state index in [-0.39, 0.29) is 19.0 Å². The number of benzene rings is 1. The fourth-order valence-electron chi connectivity index (χ4n) is 1.97. The first kappa shape index (κ1) is 19.1. The fourth-order valence-corrected chi connectivity index (χ4v) is 1.97. The highest BCUT2D eigenvalue weighted by Gasteiger charge is 2.42. The summed E-state index contributed by atoms with van der Waals surface area (Å²) in [5.74, 6) is -3.45. The van der Waals surface area contributed by atoms with Crippen molar-refractivity contribution in [3.05, 3.63) is 24.3 Å². The number of halogens is 3. The number of nitrogens with one attached hydrogen (secondary N) is 2. The average molecular weight is 351 g/mol. The lowest BCUT2D eigenvalue weighted by molar-refractivity contribution is -0.142. The molecule has 128 valence electrons. The number of anilines is 1. The van der Waals surface area contributed by atoms with Gasteiger partial charge >= 0.3 is 5.97 Å². The van der Waals surface area contributed by atoms with Gasteiger partial charge in [-0.2, -0.15) is 0 Å². The van der Waals surface area contributed by atoms with Gasteiger partial charge in [-0.15, -0.1) is 12.4 Å². The van der Waals surface area contributed by atoms with Crippen molar-refractivity contribution in [2.75, 3.05) is 25.6 Å². The number of hydrogen-bond donors (Lipinski definition) is 2. The van der Waals surface area contributed by atoms with E-state index in [4.69, 9.17) is 4.74 Å². The van der Waals surface area contributed by atoms with E-state index in [9.17, 15) is 18.4 Å². The van der Waals surface area contributed by atoms with Crippen molar-refractivity contribution in [3.63, 3.8) is 0 Å². The van der Waals surface area contributed by atoms with Crippen LogP contribution in [-0.4, -0.2) is 44.1 Å². The Morgan fingerprint density at radius 3 is 2.52 bits per heavy atom. The smallest absolute Gasteiger partial charge is 0.343 e. The number of alkyl halides is 2. The molecule has 1 aromatic rings. The van der Waals surface area contributed by atoms with Gasteiger partial charge in [0.1, 0.15) is 5.75 Å². The van der Waals surface area contributed by atoms with Crippen LogP contribution in [0.15, 0.2) is 24.3 Å². The quantitative estimate of drug-likeness (QED) is 0.789. The third kappa shape index (κ3) is 5.65. The lowest BCUT2D eigenvalue weighted by Gasteiger charge is -2.12. The number of esters is 1. The molecule has 0 spiro atoms. The molecular formula is C14H17ClF2N2O4. The predicted molar refractivity (Wildman–Crippen MR) is 81.2 cm³/mol. The molecule has 2 N–H and O–H groups in total. The summed E-state index contributed by atoms with van der Waals surface area (Å²) in [5, 5.41) is 5.02. The number of carbonyl (C=O) groups excluding carboxylic acids is 2. The van der Waals surface area contributed by atoms with Gasteiger partial charge in [-0.05, 0) is 24.3 Å². The normalized spacial score (nSPS) is 18.7. The molecule has 1 aliphatic rings. The molecule has 1 amide bonds. The zero-order chi connectivity index (χ0) is 16.2. The van der Waals surface area contributed by atoms with Gasteiger partial charge in [0.15, 0.2) is 6.61 Å². The van der Waals surface area contributed by atoms with Crippen molar-refractivity contribution in [2.45, 2.75) is 18.4 Å². The molecule has 0 radical (unpaired) electrons. The highest BCUT2D eigenvalue weighted by molar-refractivity contribution is 5.95. The van der Waals surface area contributed by atoms with E-state index in [1.165, 1.54) is 7.11 Å². The highest BCUT2D eigenvalue weighted by Crippen LogP contribution is 2.26. The molecule has 1 saturated heterocycles. The first-order valence-corrected chi connectivity index (χ1v) is 6.61. The minimum atomic E-state index is -2.85. The number of amides is 1. The third-order valence-electron chi connectivity index (χ3n) is 3.13. The van der Waals surface area contributed by atoms with Gasteiger partial charge in [0.05, 0.1) is 19.7 Å². The average Bonchev–Trinajstić information content (AvgIpc) is 2.86. The number of rotatable bonds is 5. The minimum Gasteiger partial charge on any atom is -0.482 e. The predicted octanol–water partition coefficient (Wildman–Crippen LogP) is 1.60. The first-order chi connectivity index (χ1) is 10.4. The van der Waals surface area contributed by atoms with Crippen LogP contribution in [0.25, 0.3) is 0 Å². The van der Waals surface area contributed by atoms with E-state index < -0.39 is 36.8 Å². The zero-order valence-corrected chi connectivity index (χ0v) is 13.1. The van der Waals surface area contributed by atoms with Gasteiger partial charge < -0.3 is 14.8 Å². The van der Waals surface area contributed by atoms with E-state index in [2.05, 4.69) is 15.4 Å². The molecule has 23 heavy (non-hydrogen) atoms. The Morgan fingerprint density at radius 1 is 1.35 bits per heavy atom. The third-order valence-corrected chi connectivity index (χ3v) is 3.13. The summed E-state index contributed by atoms with van der Waals surface area (Å²) in [6, 6.07) is 5.30. The molecule has 0 bridgehead atoms. The maximum atomic E-state index is 13.0. The molecule has 1 unspecified atom stereocenters. The molecule has 0 aromatic heterocycles. The van der Waals surface area contributed by atoms with Crippen molar-refractivity contribution in [2.24, 2.45) is 0 Å². The maximum Gasteiger partial charge on any atom is 0.343 e. The zero-order valence-electron chi connectivity index (χ0n) is 12.3. The van der Waals surface area contributed by atoms with Gasteiger partial charge in [0.25, 0.3) is 5.92 Å². The van der Waals surface area contributed by atoms with E-state index in [1.807, 2.05) is 0 Å². The van der Waals surface area contributed by atoms with Gasteiger partial charge in [-0.25, -0.2) is 13.6 Å². The van der Waals surface area contributed by atoms with Crippen molar-refractivity contribution >= 4 is 30.0 Å². The summed E-state index contributed by atoms with van der Waals surface area (Å²) in [6.07, 6.45) is -0.515. The van der Waals surface area contributed by atoms with Gasteiger partial charge in [-0.3, -0.25) is 10.1 Å². The molecule has 9 heteroatoms. The van der Waals surface area contributed by atoms with Crippen LogP contribution in [0, 0.1) is 0 Å². The second-order valence-electron chi connectivity index (χ2n) is 4.87. The molecule has 0 saturated carbocycles. The lowest BCUT2D eigenvalue weighted by Crippen LogP contribution is -2.35. The Balaban J connectivity index is 0.00000264. The van der Waals surface area contributed by atoms with Crippen LogP contribution in [0.4, 0.5) is 14.5 Å². The molecule has 1 aliphatic heterocycles. The van der Waals surface area contributed by atoms with E-state index in [1.54, 1.807) is 24.3 Å². The SMILES string of the molecule is COC(=O)COc1ccc(NC(=O)C2CC(F)(F)CN2)cc1.Cl. The van der Waals surface area contributed by atoms with Crippen LogP contribution in [0.2, 0.25) is 0 Å². The van der Waals surface area contributed by atoms with E-state index in [0.29, 0.717) is 11.4 Å². The molecule has 1 atom stereocenters. The molecular weight excluding hydrogens is 334 g/mol. The first-order valence-electron chi connectivity index (χ1n) is 6.61. The number of ether oxygens (including phenoxy) is 2. The minimum absolute atomic E-state index is 0. The van der Waals surface area contributed by atoms with Gasteiger partial charge in [0.2, 0.25) is 5.91 Å². The largest absolute Gasteiger partial charge is 0.482 e. The number of carbonyl (C=O) groups is 2. The summed E-state index contributed by atoms with van der Waals surface area (Å²) < 4.78 is 35.6.